The molecule has 1 atom stereocenters. The molecular weight excluding hydrogens is 340 g/mol. The molecule has 6 nitrogen and oxygen atoms in total. The van der Waals surface area contributed by atoms with Crippen LogP contribution in [0.5, 0.6) is 5.75 Å². The predicted molar refractivity (Wildman–Crippen MR) is 101 cm³/mol. The first kappa shape index (κ1) is 21.3. The topological polar surface area (TPSA) is 75.7 Å². The van der Waals surface area contributed by atoms with Gasteiger partial charge in [0.2, 0.25) is 15.9 Å². The summed E-state index contributed by atoms with van der Waals surface area (Å²) in [5.74, 6) is 0.815. The maximum atomic E-state index is 12.7. The summed E-state index contributed by atoms with van der Waals surface area (Å²) in [7, 11) is -2.09. The lowest BCUT2D eigenvalue weighted by atomic mass is 9.93. The fraction of sp³-hybridized carbons (Fsp3) is 0.611. The highest BCUT2D eigenvalue weighted by Crippen LogP contribution is 2.24. The lowest BCUT2D eigenvalue weighted by molar-refractivity contribution is -0.123. The lowest BCUT2D eigenvalue weighted by Gasteiger charge is -2.32. The van der Waals surface area contributed by atoms with E-state index in [1.165, 1.54) is 7.11 Å². The van der Waals surface area contributed by atoms with Gasteiger partial charge in [0.15, 0.2) is 0 Å². The average Bonchev–Trinajstić information content (AvgIpc) is 2.51. The quantitative estimate of drug-likeness (QED) is 0.763. The van der Waals surface area contributed by atoms with Crippen LogP contribution in [-0.2, 0) is 14.8 Å². The van der Waals surface area contributed by atoms with Crippen LogP contribution in [0.3, 0.4) is 0 Å². The Morgan fingerprint density at radius 2 is 1.52 bits per heavy atom. The van der Waals surface area contributed by atoms with Crippen molar-refractivity contribution in [1.29, 1.82) is 0 Å². The highest BCUT2D eigenvalue weighted by Gasteiger charge is 2.31. The Morgan fingerprint density at radius 3 is 1.88 bits per heavy atom. The summed E-state index contributed by atoms with van der Waals surface area (Å²) in [6.07, 6.45) is 1.10. The fourth-order valence-electron chi connectivity index (χ4n) is 2.93. The van der Waals surface area contributed by atoms with Crippen molar-refractivity contribution in [2.45, 2.75) is 46.7 Å². The number of nitrogens with one attached hydrogen (secondary N) is 1. The number of carbonyl (C=O) groups excluding carboxylic acids is 1. The Kier molecular flexibility index (Phi) is 7.29. The lowest BCUT2D eigenvalue weighted by Crippen LogP contribution is -2.52. The summed E-state index contributed by atoms with van der Waals surface area (Å²) in [4.78, 5) is 12.7. The number of rotatable bonds is 8. The van der Waals surface area contributed by atoms with E-state index in [1.54, 1.807) is 31.2 Å². The van der Waals surface area contributed by atoms with Crippen LogP contribution in [0.25, 0.3) is 0 Å². The standard InChI is InChI=1S/C18H30N2O4S/c1-12(2)17(13(3)4)19-18(21)14(5)20(25(7,22)23)15-8-10-16(24-6)11-9-15/h8-14,17H,1-7H3,(H,19,21). The molecule has 1 unspecified atom stereocenters. The number of hydrogen-bond donors (Lipinski definition) is 1. The van der Waals surface area contributed by atoms with Gasteiger partial charge in [0.1, 0.15) is 11.8 Å². The van der Waals surface area contributed by atoms with Crippen molar-refractivity contribution in [3.8, 4) is 5.75 Å². The molecule has 0 aliphatic carbocycles. The zero-order chi connectivity index (χ0) is 19.4. The number of sulfonamides is 1. The Bertz CT molecular complexity index is 661. The van der Waals surface area contributed by atoms with Crippen molar-refractivity contribution in [3.05, 3.63) is 24.3 Å². The Balaban J connectivity index is 3.12. The van der Waals surface area contributed by atoms with Gasteiger partial charge in [0.05, 0.1) is 19.1 Å². The van der Waals surface area contributed by atoms with Crippen LogP contribution in [0, 0.1) is 11.8 Å². The molecule has 7 heteroatoms. The van der Waals surface area contributed by atoms with Crippen molar-refractivity contribution in [2.75, 3.05) is 17.7 Å². The number of hydrogen-bond acceptors (Lipinski definition) is 4. The summed E-state index contributed by atoms with van der Waals surface area (Å²) in [6.45, 7) is 9.74. The normalized spacial score (nSPS) is 13.2. The third-order valence-corrected chi connectivity index (χ3v) is 5.40. The summed E-state index contributed by atoms with van der Waals surface area (Å²) >= 11 is 0. The minimum Gasteiger partial charge on any atom is -0.497 e. The Hall–Kier alpha value is -1.76. The van der Waals surface area contributed by atoms with Crippen LogP contribution in [0.1, 0.15) is 34.6 Å². The van der Waals surface area contributed by atoms with E-state index in [0.717, 1.165) is 10.6 Å². The number of anilines is 1. The molecule has 0 aromatic heterocycles. The number of nitrogens with zero attached hydrogens (tertiary/aromatic N) is 1. The van der Waals surface area contributed by atoms with Crippen LogP contribution in [0.2, 0.25) is 0 Å². The van der Waals surface area contributed by atoms with E-state index in [4.69, 9.17) is 4.74 Å². The Morgan fingerprint density at radius 1 is 1.04 bits per heavy atom. The third-order valence-electron chi connectivity index (χ3n) is 4.16. The first-order valence-corrected chi connectivity index (χ1v) is 10.3. The molecule has 0 bridgehead atoms. The first-order chi connectivity index (χ1) is 11.5. The fourth-order valence-corrected chi connectivity index (χ4v) is 4.10. The molecule has 0 spiro atoms. The van der Waals surface area contributed by atoms with Gasteiger partial charge in [-0.1, -0.05) is 27.7 Å². The molecule has 0 saturated heterocycles. The van der Waals surface area contributed by atoms with Crippen LogP contribution in [0.15, 0.2) is 24.3 Å². The van der Waals surface area contributed by atoms with Gasteiger partial charge in [0, 0.05) is 6.04 Å². The molecule has 0 saturated carbocycles. The van der Waals surface area contributed by atoms with Crippen LogP contribution >= 0.6 is 0 Å². The second-order valence-electron chi connectivity index (χ2n) is 6.96. The highest BCUT2D eigenvalue weighted by molar-refractivity contribution is 7.92. The zero-order valence-electron chi connectivity index (χ0n) is 16.1. The molecule has 0 fully saturated rings. The first-order valence-electron chi connectivity index (χ1n) is 8.42. The summed E-state index contributed by atoms with van der Waals surface area (Å²) in [5.41, 5.74) is 0.427. The van der Waals surface area contributed by atoms with E-state index in [-0.39, 0.29) is 23.8 Å². The smallest absolute Gasteiger partial charge is 0.243 e. The monoisotopic (exact) mass is 370 g/mol. The van der Waals surface area contributed by atoms with Crippen molar-refractivity contribution in [1.82, 2.24) is 5.32 Å². The zero-order valence-corrected chi connectivity index (χ0v) is 16.9. The second kappa shape index (κ2) is 8.56. The molecule has 25 heavy (non-hydrogen) atoms. The van der Waals surface area contributed by atoms with Crippen LogP contribution in [0.4, 0.5) is 5.69 Å². The van der Waals surface area contributed by atoms with E-state index >= 15 is 0 Å². The molecular formula is C18H30N2O4S. The number of benzene rings is 1. The van der Waals surface area contributed by atoms with E-state index in [1.807, 2.05) is 27.7 Å². The number of methoxy groups -OCH3 is 1. The number of ether oxygens (including phenoxy) is 1. The molecule has 0 aliphatic heterocycles. The van der Waals surface area contributed by atoms with Gasteiger partial charge in [-0.3, -0.25) is 9.10 Å². The van der Waals surface area contributed by atoms with Crippen LogP contribution < -0.4 is 14.4 Å². The maximum Gasteiger partial charge on any atom is 0.243 e. The van der Waals surface area contributed by atoms with Gasteiger partial charge >= 0.3 is 0 Å². The molecule has 1 N–H and O–H groups in total. The summed E-state index contributed by atoms with van der Waals surface area (Å²) < 4.78 is 30.8. The molecule has 0 aliphatic rings. The van der Waals surface area contributed by atoms with Crippen molar-refractivity contribution < 1.29 is 17.9 Å². The van der Waals surface area contributed by atoms with Gasteiger partial charge in [0.25, 0.3) is 0 Å². The number of carbonyl (C=O) groups is 1. The minimum absolute atomic E-state index is 0.0211. The third kappa shape index (κ3) is 5.63. The largest absolute Gasteiger partial charge is 0.497 e. The number of amides is 1. The van der Waals surface area contributed by atoms with E-state index in [0.29, 0.717) is 11.4 Å². The molecule has 0 radical (unpaired) electrons. The minimum atomic E-state index is -3.63. The molecule has 1 amide bonds. The molecule has 142 valence electrons. The van der Waals surface area contributed by atoms with Gasteiger partial charge in [-0.15, -0.1) is 0 Å². The second-order valence-corrected chi connectivity index (χ2v) is 8.81. The molecule has 1 aromatic carbocycles. The van der Waals surface area contributed by atoms with Gasteiger partial charge in [-0.2, -0.15) is 0 Å². The van der Waals surface area contributed by atoms with E-state index in [9.17, 15) is 13.2 Å². The molecule has 1 rings (SSSR count). The average molecular weight is 371 g/mol. The highest BCUT2D eigenvalue weighted by atomic mass is 32.2. The van der Waals surface area contributed by atoms with Crippen LogP contribution in [-0.4, -0.2) is 39.8 Å². The Labute approximate surface area is 151 Å². The summed E-state index contributed by atoms with van der Waals surface area (Å²) in [6, 6.07) is 5.72. The summed E-state index contributed by atoms with van der Waals surface area (Å²) in [5, 5.41) is 2.99. The maximum absolute atomic E-state index is 12.7. The SMILES string of the molecule is COc1ccc(N(C(C)C(=O)NC(C(C)C)C(C)C)S(C)(=O)=O)cc1. The van der Waals surface area contributed by atoms with E-state index < -0.39 is 16.1 Å². The van der Waals surface area contributed by atoms with E-state index in [2.05, 4.69) is 5.32 Å². The van der Waals surface area contributed by atoms with Gasteiger partial charge in [-0.25, -0.2) is 8.42 Å². The van der Waals surface area contributed by atoms with Crippen molar-refractivity contribution in [2.24, 2.45) is 11.8 Å². The predicted octanol–water partition coefficient (Wildman–Crippen LogP) is 2.65. The van der Waals surface area contributed by atoms with Gasteiger partial charge < -0.3 is 10.1 Å². The van der Waals surface area contributed by atoms with Crippen molar-refractivity contribution in [3.63, 3.8) is 0 Å². The van der Waals surface area contributed by atoms with Crippen molar-refractivity contribution >= 4 is 21.6 Å². The molecule has 0 heterocycles. The molecule has 1 aromatic rings. The van der Waals surface area contributed by atoms with Gasteiger partial charge in [-0.05, 0) is 43.0 Å².